The Kier molecular flexibility index (Phi) is 6.30. The number of aliphatic hydroxyl groups is 1. The van der Waals surface area contributed by atoms with Gasteiger partial charge in [0.15, 0.2) is 5.82 Å². The molecule has 8 nitrogen and oxygen atoms in total. The van der Waals surface area contributed by atoms with Crippen molar-refractivity contribution in [1.82, 2.24) is 19.5 Å². The minimum Gasteiger partial charge on any atom is -0.389 e. The van der Waals surface area contributed by atoms with Gasteiger partial charge in [-0.1, -0.05) is 11.6 Å². The van der Waals surface area contributed by atoms with E-state index >= 15 is 4.39 Å². The summed E-state index contributed by atoms with van der Waals surface area (Å²) in [5.74, 6) is 0.342. The van der Waals surface area contributed by atoms with Crippen molar-refractivity contribution in [1.29, 1.82) is 0 Å². The van der Waals surface area contributed by atoms with Crippen molar-refractivity contribution in [3.63, 3.8) is 0 Å². The highest BCUT2D eigenvalue weighted by atomic mass is 35.5. The predicted molar refractivity (Wildman–Crippen MR) is 127 cm³/mol. The van der Waals surface area contributed by atoms with Crippen molar-refractivity contribution in [2.24, 2.45) is 0 Å². The minimum absolute atomic E-state index is 0.0265. The molecule has 0 aliphatic carbocycles. The highest BCUT2D eigenvalue weighted by Gasteiger charge is 2.29. The Morgan fingerprint density at radius 3 is 2.79 bits per heavy atom. The van der Waals surface area contributed by atoms with Gasteiger partial charge >= 0.3 is 0 Å². The number of nitrogens with zero attached hydrogens (tertiary/aromatic N) is 5. The Bertz CT molecular complexity index is 1210. The van der Waals surface area contributed by atoms with Crippen LogP contribution >= 0.6 is 11.6 Å². The van der Waals surface area contributed by atoms with Crippen LogP contribution in [0.2, 0.25) is 5.02 Å². The van der Waals surface area contributed by atoms with Crippen molar-refractivity contribution >= 4 is 34.5 Å². The van der Waals surface area contributed by atoms with Crippen LogP contribution in [-0.2, 0) is 4.74 Å². The third-order valence-electron chi connectivity index (χ3n) is 6.32. The second-order valence-corrected chi connectivity index (χ2v) is 9.51. The zero-order valence-corrected chi connectivity index (χ0v) is 19.8. The first kappa shape index (κ1) is 23.2. The number of imidazole rings is 1. The number of fused-ring (bicyclic) bond motifs is 1. The Balaban J connectivity index is 1.56. The van der Waals surface area contributed by atoms with E-state index in [4.69, 9.17) is 16.3 Å². The molecule has 182 valence electrons. The van der Waals surface area contributed by atoms with E-state index in [1.165, 1.54) is 12.3 Å². The van der Waals surface area contributed by atoms with E-state index < -0.39 is 18.1 Å². The van der Waals surface area contributed by atoms with E-state index in [2.05, 4.69) is 20.3 Å². The summed E-state index contributed by atoms with van der Waals surface area (Å²) in [5.41, 5.74) is 1.66. The average Bonchev–Trinajstić information content (AvgIpc) is 3.40. The van der Waals surface area contributed by atoms with Gasteiger partial charge < -0.3 is 24.6 Å². The molecule has 34 heavy (non-hydrogen) atoms. The molecule has 0 spiro atoms. The van der Waals surface area contributed by atoms with Gasteiger partial charge in [-0.25, -0.2) is 23.7 Å². The number of hydrogen-bond acceptors (Lipinski definition) is 7. The lowest BCUT2D eigenvalue weighted by Crippen LogP contribution is -2.42. The molecule has 4 heterocycles. The molecule has 0 unspecified atom stereocenters. The summed E-state index contributed by atoms with van der Waals surface area (Å²) in [7, 11) is 0. The topological polar surface area (TPSA) is 88.3 Å². The monoisotopic (exact) mass is 492 g/mol. The van der Waals surface area contributed by atoms with Crippen LogP contribution in [0.15, 0.2) is 18.3 Å². The molecule has 2 aliphatic heterocycles. The maximum Gasteiger partial charge on any atom is 0.223 e. The summed E-state index contributed by atoms with van der Waals surface area (Å²) in [4.78, 5) is 15.2. The second-order valence-electron chi connectivity index (χ2n) is 9.11. The van der Waals surface area contributed by atoms with Crippen molar-refractivity contribution in [2.45, 2.75) is 51.0 Å². The van der Waals surface area contributed by atoms with Gasteiger partial charge in [-0.05, 0) is 38.8 Å². The summed E-state index contributed by atoms with van der Waals surface area (Å²) in [6.07, 6.45) is 0.898. The van der Waals surface area contributed by atoms with Gasteiger partial charge in [-0.3, -0.25) is 0 Å². The number of rotatable bonds is 5. The Morgan fingerprint density at radius 2 is 2.09 bits per heavy atom. The summed E-state index contributed by atoms with van der Waals surface area (Å²) < 4.78 is 36.4. The van der Waals surface area contributed by atoms with Crippen LogP contribution in [-0.4, -0.2) is 69.2 Å². The van der Waals surface area contributed by atoms with E-state index in [-0.39, 0.29) is 41.7 Å². The first-order valence-electron chi connectivity index (χ1n) is 11.5. The Labute approximate surface area is 200 Å². The first-order valence-corrected chi connectivity index (χ1v) is 11.9. The molecule has 1 aromatic carbocycles. The molecule has 3 aromatic rings. The van der Waals surface area contributed by atoms with E-state index in [9.17, 15) is 9.50 Å². The van der Waals surface area contributed by atoms with Gasteiger partial charge in [0, 0.05) is 24.8 Å². The lowest BCUT2D eigenvalue weighted by molar-refractivity contribution is -0.0136. The van der Waals surface area contributed by atoms with Crippen LogP contribution in [0.25, 0.3) is 22.3 Å². The smallest absolute Gasteiger partial charge is 0.223 e. The molecule has 2 aromatic heterocycles. The quantitative estimate of drug-likeness (QED) is 0.557. The fraction of sp³-hybridized carbons (Fsp3) is 0.522. The molecule has 2 fully saturated rings. The first-order chi connectivity index (χ1) is 16.3. The molecule has 5 rings (SSSR count). The number of nitrogens with one attached hydrogen (secondary N) is 1. The van der Waals surface area contributed by atoms with Crippen LogP contribution < -0.4 is 10.2 Å². The number of halogens is 3. The molecule has 3 atom stereocenters. The van der Waals surface area contributed by atoms with Gasteiger partial charge in [-0.15, -0.1) is 0 Å². The van der Waals surface area contributed by atoms with Crippen molar-refractivity contribution < 1.29 is 18.6 Å². The SMILES string of the molecule is CC(C)n1c(N2CC[C@@H](F)C2)nc2c(F)cc(-c3nc(N[C@@H]4CCOC[C@H]4O)ncc3Cl)cc21. The molecule has 0 bridgehead atoms. The number of anilines is 2. The third-order valence-corrected chi connectivity index (χ3v) is 6.59. The summed E-state index contributed by atoms with van der Waals surface area (Å²) >= 11 is 6.42. The van der Waals surface area contributed by atoms with Gasteiger partial charge in [0.25, 0.3) is 0 Å². The maximum atomic E-state index is 15.3. The van der Waals surface area contributed by atoms with E-state index in [1.807, 2.05) is 23.3 Å². The third kappa shape index (κ3) is 4.30. The van der Waals surface area contributed by atoms with Crippen molar-refractivity contribution in [3.05, 3.63) is 29.2 Å². The van der Waals surface area contributed by atoms with Crippen LogP contribution in [0, 0.1) is 5.82 Å². The van der Waals surface area contributed by atoms with Gasteiger partial charge in [0.05, 0.1) is 47.7 Å². The van der Waals surface area contributed by atoms with Gasteiger partial charge in [-0.2, -0.15) is 0 Å². The molecular formula is C23H27ClF2N6O2. The molecule has 2 saturated heterocycles. The molecule has 0 amide bonds. The summed E-state index contributed by atoms with van der Waals surface area (Å²) in [6.45, 7) is 5.51. The lowest BCUT2D eigenvalue weighted by Gasteiger charge is -2.28. The number of alkyl halides is 1. The molecule has 0 saturated carbocycles. The maximum absolute atomic E-state index is 15.3. The number of hydrogen-bond donors (Lipinski definition) is 2. The van der Waals surface area contributed by atoms with Crippen LogP contribution in [0.5, 0.6) is 0 Å². The number of benzene rings is 1. The average molecular weight is 493 g/mol. The second kappa shape index (κ2) is 9.24. The zero-order chi connectivity index (χ0) is 24.0. The molecule has 2 aliphatic rings. The van der Waals surface area contributed by atoms with Gasteiger partial charge in [0.2, 0.25) is 11.9 Å². The number of ether oxygens (including phenoxy) is 1. The number of aromatic nitrogens is 4. The standard InChI is InChI=1S/C23H27ClF2N6O2/c1-12(2)32-18-8-13(7-16(26)21(18)30-23(32)31-5-3-14(25)10-31)20-15(24)9-27-22(29-20)28-17-4-6-34-11-19(17)33/h7-9,12,14,17,19,33H,3-6,10-11H2,1-2H3,(H,27,28,29)/t14-,17-,19-/m1/s1. The van der Waals surface area contributed by atoms with Crippen LogP contribution in [0.1, 0.15) is 32.7 Å². The highest BCUT2D eigenvalue weighted by Crippen LogP contribution is 2.35. The summed E-state index contributed by atoms with van der Waals surface area (Å²) in [6, 6.07) is 2.87. The van der Waals surface area contributed by atoms with Crippen LogP contribution in [0.4, 0.5) is 20.7 Å². The molecular weight excluding hydrogens is 466 g/mol. The van der Waals surface area contributed by atoms with E-state index in [0.29, 0.717) is 48.7 Å². The largest absolute Gasteiger partial charge is 0.389 e. The molecule has 11 heteroatoms. The number of aliphatic hydroxyl groups excluding tert-OH is 1. The van der Waals surface area contributed by atoms with Crippen LogP contribution in [0.3, 0.4) is 0 Å². The van der Waals surface area contributed by atoms with Crippen molar-refractivity contribution in [2.75, 3.05) is 36.5 Å². The molecule has 0 radical (unpaired) electrons. The highest BCUT2D eigenvalue weighted by molar-refractivity contribution is 6.33. The fourth-order valence-electron chi connectivity index (χ4n) is 4.60. The Morgan fingerprint density at radius 1 is 1.26 bits per heavy atom. The summed E-state index contributed by atoms with van der Waals surface area (Å²) in [5, 5.41) is 13.6. The van der Waals surface area contributed by atoms with E-state index in [1.54, 1.807) is 6.07 Å². The lowest BCUT2D eigenvalue weighted by atomic mass is 10.1. The Hall–Kier alpha value is -2.56. The fourth-order valence-corrected chi connectivity index (χ4v) is 4.81. The van der Waals surface area contributed by atoms with Gasteiger partial charge in [0.1, 0.15) is 11.7 Å². The zero-order valence-electron chi connectivity index (χ0n) is 19.0. The minimum atomic E-state index is -0.916. The molecule has 2 N–H and O–H groups in total. The van der Waals surface area contributed by atoms with E-state index in [0.717, 1.165) is 0 Å². The normalized spacial score (nSPS) is 23.3. The predicted octanol–water partition coefficient (Wildman–Crippen LogP) is 3.98. The van der Waals surface area contributed by atoms with Crippen molar-refractivity contribution in [3.8, 4) is 11.3 Å².